The number of aliphatic hydroxyl groups excluding tert-OH is 1. The number of carbonyl (C=O) groups excluding carboxylic acids is 2. The van der Waals surface area contributed by atoms with Crippen molar-refractivity contribution in [3.63, 3.8) is 0 Å². The van der Waals surface area contributed by atoms with Gasteiger partial charge in [-0.1, -0.05) is 81.5 Å². The SMILES string of the molecule is C=C(C)C(=O)OCCc1cc(OCCO)cc(CCOC(=O)C(=C)C)c1-c1ccc2cc(-c3ccc(CCCCC)cc3)ccc2c1. The summed E-state index contributed by atoms with van der Waals surface area (Å²) in [5.74, 6) is -0.315. The Balaban J connectivity index is 1.70. The molecule has 0 amide bonds. The van der Waals surface area contributed by atoms with E-state index in [1.807, 2.05) is 12.1 Å². The molecule has 6 heteroatoms. The number of carbonyl (C=O) groups is 2. The Bertz CT molecular complexity index is 1660. The van der Waals surface area contributed by atoms with E-state index < -0.39 is 11.9 Å². The fourth-order valence-electron chi connectivity index (χ4n) is 5.53. The van der Waals surface area contributed by atoms with Crippen molar-refractivity contribution in [2.75, 3.05) is 26.4 Å². The van der Waals surface area contributed by atoms with Crippen molar-refractivity contribution in [1.82, 2.24) is 0 Å². The maximum absolute atomic E-state index is 12.1. The number of esters is 2. The predicted octanol–water partition coefficient (Wildman–Crippen LogP) is 8.60. The molecule has 1 N–H and O–H groups in total. The van der Waals surface area contributed by atoms with Gasteiger partial charge in [-0.05, 0) is 101 Å². The second-order valence-corrected chi connectivity index (χ2v) is 12.0. The number of hydrogen-bond acceptors (Lipinski definition) is 6. The van der Waals surface area contributed by atoms with Gasteiger partial charge >= 0.3 is 11.9 Å². The Hall–Kier alpha value is -4.68. The number of aliphatic hydroxyl groups is 1. The van der Waals surface area contributed by atoms with Crippen molar-refractivity contribution in [3.8, 4) is 28.0 Å². The van der Waals surface area contributed by atoms with E-state index in [0.717, 1.165) is 45.0 Å². The average molecular weight is 635 g/mol. The minimum Gasteiger partial charge on any atom is -0.491 e. The van der Waals surface area contributed by atoms with Gasteiger partial charge in [-0.2, -0.15) is 0 Å². The van der Waals surface area contributed by atoms with E-state index in [2.05, 4.69) is 80.7 Å². The van der Waals surface area contributed by atoms with Gasteiger partial charge in [0.05, 0.1) is 19.8 Å². The molecular formula is C41H46O6. The Labute approximate surface area is 278 Å². The molecule has 0 saturated carbocycles. The van der Waals surface area contributed by atoms with E-state index in [9.17, 15) is 14.7 Å². The first-order chi connectivity index (χ1) is 22.7. The van der Waals surface area contributed by atoms with Crippen LogP contribution in [0.5, 0.6) is 5.75 Å². The van der Waals surface area contributed by atoms with Crippen LogP contribution in [0.3, 0.4) is 0 Å². The van der Waals surface area contributed by atoms with Gasteiger partial charge in [-0.25, -0.2) is 9.59 Å². The molecule has 4 rings (SSSR count). The minimum atomic E-state index is -0.446. The number of unbranched alkanes of at least 4 members (excludes halogenated alkanes) is 2. The third kappa shape index (κ3) is 9.90. The first kappa shape index (κ1) is 35.2. The Morgan fingerprint density at radius 2 is 1.19 bits per heavy atom. The molecule has 0 radical (unpaired) electrons. The molecule has 0 fully saturated rings. The van der Waals surface area contributed by atoms with Gasteiger partial charge in [0.15, 0.2) is 0 Å². The van der Waals surface area contributed by atoms with Crippen LogP contribution in [0.15, 0.2) is 97.1 Å². The lowest BCUT2D eigenvalue weighted by molar-refractivity contribution is -0.139. The summed E-state index contributed by atoms with van der Waals surface area (Å²) < 4.78 is 16.7. The molecule has 6 nitrogen and oxygen atoms in total. The van der Waals surface area contributed by atoms with Gasteiger partial charge in [-0.15, -0.1) is 0 Å². The topological polar surface area (TPSA) is 82.1 Å². The van der Waals surface area contributed by atoms with Crippen molar-refractivity contribution in [3.05, 3.63) is 114 Å². The van der Waals surface area contributed by atoms with Crippen LogP contribution < -0.4 is 4.74 Å². The molecule has 0 aliphatic heterocycles. The lowest BCUT2D eigenvalue weighted by Crippen LogP contribution is -2.12. The molecule has 0 spiro atoms. The van der Waals surface area contributed by atoms with Gasteiger partial charge in [-0.3, -0.25) is 0 Å². The number of benzene rings is 4. The average Bonchev–Trinajstić information content (AvgIpc) is 3.07. The maximum atomic E-state index is 12.1. The van der Waals surface area contributed by atoms with Crippen LogP contribution in [0, 0.1) is 0 Å². The first-order valence-electron chi connectivity index (χ1n) is 16.4. The minimum absolute atomic E-state index is 0.130. The monoisotopic (exact) mass is 634 g/mol. The normalized spacial score (nSPS) is 10.9. The zero-order chi connectivity index (χ0) is 33.8. The van der Waals surface area contributed by atoms with E-state index in [1.54, 1.807) is 13.8 Å². The second kappa shape index (κ2) is 17.3. The zero-order valence-corrected chi connectivity index (χ0v) is 27.9. The molecular weight excluding hydrogens is 588 g/mol. The Morgan fingerprint density at radius 3 is 1.72 bits per heavy atom. The van der Waals surface area contributed by atoms with Crippen LogP contribution in [0.2, 0.25) is 0 Å². The first-order valence-corrected chi connectivity index (χ1v) is 16.4. The second-order valence-electron chi connectivity index (χ2n) is 12.0. The molecule has 4 aromatic carbocycles. The molecule has 0 heterocycles. The molecule has 0 bridgehead atoms. The lowest BCUT2D eigenvalue weighted by Gasteiger charge is -2.19. The quantitative estimate of drug-likeness (QED) is 0.0712. The van der Waals surface area contributed by atoms with E-state index in [4.69, 9.17) is 14.2 Å². The summed E-state index contributed by atoms with van der Waals surface area (Å²) >= 11 is 0. The fourth-order valence-corrected chi connectivity index (χ4v) is 5.53. The number of aryl methyl sites for hydroxylation is 1. The largest absolute Gasteiger partial charge is 0.491 e. The summed E-state index contributed by atoms with van der Waals surface area (Å²) in [4.78, 5) is 24.3. The fraction of sp³-hybridized carbons (Fsp3) is 0.317. The van der Waals surface area contributed by atoms with Crippen molar-refractivity contribution in [2.24, 2.45) is 0 Å². The van der Waals surface area contributed by atoms with Crippen LogP contribution in [-0.4, -0.2) is 43.5 Å². The highest BCUT2D eigenvalue weighted by Crippen LogP contribution is 2.36. The Morgan fingerprint density at radius 1 is 0.660 bits per heavy atom. The van der Waals surface area contributed by atoms with Crippen molar-refractivity contribution in [2.45, 2.75) is 59.3 Å². The molecule has 47 heavy (non-hydrogen) atoms. The molecule has 0 aromatic heterocycles. The highest BCUT2D eigenvalue weighted by molar-refractivity contribution is 5.92. The number of ether oxygens (including phenoxy) is 3. The molecule has 0 aliphatic carbocycles. The molecule has 4 aromatic rings. The zero-order valence-electron chi connectivity index (χ0n) is 27.9. The molecule has 0 unspecified atom stereocenters. The predicted molar refractivity (Wildman–Crippen MR) is 190 cm³/mol. The third-order valence-electron chi connectivity index (χ3n) is 8.03. The van der Waals surface area contributed by atoms with Crippen LogP contribution in [0.25, 0.3) is 33.0 Å². The third-order valence-corrected chi connectivity index (χ3v) is 8.03. The number of rotatable bonds is 17. The van der Waals surface area contributed by atoms with E-state index >= 15 is 0 Å². The highest BCUT2D eigenvalue weighted by Gasteiger charge is 2.17. The summed E-state index contributed by atoms with van der Waals surface area (Å²) in [5.41, 5.74) is 8.15. The number of hydrogen-bond donors (Lipinski definition) is 1. The Kier molecular flexibility index (Phi) is 12.9. The van der Waals surface area contributed by atoms with Gasteiger partial charge in [0, 0.05) is 24.0 Å². The summed E-state index contributed by atoms with van der Waals surface area (Å²) in [5, 5.41) is 11.6. The van der Waals surface area contributed by atoms with Gasteiger partial charge in [0.25, 0.3) is 0 Å². The van der Waals surface area contributed by atoms with Gasteiger partial charge in [0.1, 0.15) is 12.4 Å². The smallest absolute Gasteiger partial charge is 0.333 e. The van der Waals surface area contributed by atoms with Gasteiger partial charge < -0.3 is 19.3 Å². The lowest BCUT2D eigenvalue weighted by atomic mass is 9.89. The van der Waals surface area contributed by atoms with Gasteiger partial charge in [0.2, 0.25) is 0 Å². The van der Waals surface area contributed by atoms with E-state index in [-0.39, 0.29) is 26.4 Å². The molecule has 246 valence electrons. The van der Waals surface area contributed by atoms with Crippen LogP contribution >= 0.6 is 0 Å². The highest BCUT2D eigenvalue weighted by atomic mass is 16.5. The molecule has 0 saturated heterocycles. The summed E-state index contributed by atoms with van der Waals surface area (Å²) in [6, 6.07) is 25.6. The summed E-state index contributed by atoms with van der Waals surface area (Å²) in [6.45, 7) is 13.1. The maximum Gasteiger partial charge on any atom is 0.333 e. The van der Waals surface area contributed by atoms with Crippen LogP contribution in [0.1, 0.15) is 56.7 Å². The van der Waals surface area contributed by atoms with Crippen molar-refractivity contribution < 1.29 is 28.9 Å². The standard InChI is InChI=1S/C41H46O6/c1-6-7-8-9-30-10-12-31(13-11-30)32-14-15-34-25-35(17-16-33(34)24-32)39-36(18-21-46-40(43)28(2)3)26-38(45-23-20-42)27-37(39)19-22-47-41(44)29(4)5/h10-17,24-27,42H,2,4,6-9,18-23H2,1,3,5H3. The van der Waals surface area contributed by atoms with Crippen molar-refractivity contribution >= 4 is 22.7 Å². The molecule has 0 aliphatic rings. The van der Waals surface area contributed by atoms with Crippen molar-refractivity contribution in [1.29, 1.82) is 0 Å². The van der Waals surface area contributed by atoms with Crippen LogP contribution in [-0.2, 0) is 38.3 Å². The summed E-state index contributed by atoms with van der Waals surface area (Å²) in [6.07, 6.45) is 5.65. The molecule has 0 atom stereocenters. The van der Waals surface area contributed by atoms with E-state index in [0.29, 0.717) is 29.7 Å². The van der Waals surface area contributed by atoms with E-state index in [1.165, 1.54) is 30.4 Å². The summed E-state index contributed by atoms with van der Waals surface area (Å²) in [7, 11) is 0. The van der Waals surface area contributed by atoms with Crippen LogP contribution in [0.4, 0.5) is 0 Å². The number of fused-ring (bicyclic) bond motifs is 1.